The zero-order valence-electron chi connectivity index (χ0n) is 15.4. The molecule has 1 saturated heterocycles. The smallest absolute Gasteiger partial charge is 0.333 e. The first kappa shape index (κ1) is 23.3. The van der Waals surface area contributed by atoms with Crippen LogP contribution in [0, 0.1) is 3.14 Å². The molecule has 0 aliphatic carbocycles. The van der Waals surface area contributed by atoms with Gasteiger partial charge < -0.3 is 15.3 Å². The summed E-state index contributed by atoms with van der Waals surface area (Å²) in [5.41, 5.74) is 0. The molecular weight excluding hydrogens is 440 g/mol. The van der Waals surface area contributed by atoms with Gasteiger partial charge in [0.2, 0.25) is 0 Å². The van der Waals surface area contributed by atoms with E-state index in [1.54, 1.807) is 0 Å². The fraction of sp³-hybridized carbons (Fsp3) is 0.529. The highest BCUT2D eigenvalue weighted by atomic mass is 32.2. The van der Waals surface area contributed by atoms with Crippen LogP contribution in [0.3, 0.4) is 0 Å². The number of ketones is 1. The molecule has 1 aromatic rings. The molecule has 12 heteroatoms. The third-order valence-corrected chi connectivity index (χ3v) is 6.65. The van der Waals surface area contributed by atoms with Crippen LogP contribution < -0.4 is 5.32 Å². The highest BCUT2D eigenvalue weighted by Gasteiger charge is 2.32. The fourth-order valence-electron chi connectivity index (χ4n) is 2.49. The second kappa shape index (κ2) is 11.2. The summed E-state index contributed by atoms with van der Waals surface area (Å²) in [5.74, 6) is -2.37. The molecule has 0 saturated carbocycles. The van der Waals surface area contributed by atoms with Crippen molar-refractivity contribution in [1.82, 2.24) is 10.4 Å². The molecule has 1 aromatic heterocycles. The Hall–Kier alpha value is -2.02. The number of amides is 3. The monoisotopic (exact) mass is 460 g/mol. The predicted octanol–water partition coefficient (Wildman–Crippen LogP) is 1.89. The van der Waals surface area contributed by atoms with Crippen molar-refractivity contribution in [2.45, 2.75) is 51.6 Å². The number of nitrogens with zero attached hydrogens (tertiary/aromatic N) is 1. The van der Waals surface area contributed by atoms with E-state index >= 15 is 0 Å². The highest BCUT2D eigenvalue weighted by Crippen LogP contribution is 2.24. The lowest BCUT2D eigenvalue weighted by molar-refractivity contribution is -0.197. The number of carbonyl (C=O) groups excluding carboxylic acids is 5. The second-order valence-corrected chi connectivity index (χ2v) is 9.47. The van der Waals surface area contributed by atoms with Gasteiger partial charge in [-0.25, -0.2) is 4.79 Å². The summed E-state index contributed by atoms with van der Waals surface area (Å²) in [6.45, 7) is 0.130. The van der Waals surface area contributed by atoms with Crippen molar-refractivity contribution in [3.63, 3.8) is 0 Å². The van der Waals surface area contributed by atoms with Crippen LogP contribution in [0.25, 0.3) is 0 Å². The Labute approximate surface area is 179 Å². The zero-order valence-corrected chi connectivity index (χ0v) is 17.9. The molecule has 0 unspecified atom stereocenters. The van der Waals surface area contributed by atoms with Gasteiger partial charge in [0.25, 0.3) is 17.7 Å². The first-order valence-electron chi connectivity index (χ1n) is 8.92. The number of Topliss-reactive ketones (excluding diaryl/α,β-unsaturated/α-hetero) is 1. The van der Waals surface area contributed by atoms with Gasteiger partial charge in [-0.3, -0.25) is 19.2 Å². The van der Waals surface area contributed by atoms with Crippen molar-refractivity contribution >= 4 is 64.4 Å². The number of hydroxylamine groups is 2. The number of hydrogen-bond donors (Lipinski definition) is 2. The van der Waals surface area contributed by atoms with Crippen LogP contribution in [0.2, 0.25) is 0 Å². The number of unbranched alkanes of at least 4 members (excludes halogenated alkanes) is 1. The van der Waals surface area contributed by atoms with E-state index in [1.807, 2.05) is 0 Å². The van der Waals surface area contributed by atoms with Crippen LogP contribution >= 0.6 is 34.9 Å². The minimum atomic E-state index is -0.799. The van der Waals surface area contributed by atoms with Crippen LogP contribution in [-0.2, 0) is 30.6 Å². The number of aliphatic hydroxyl groups is 1. The number of rotatable bonds is 11. The van der Waals surface area contributed by atoms with Crippen molar-refractivity contribution in [3.05, 3.63) is 12.9 Å². The molecule has 0 aromatic carbocycles. The molecule has 3 amide bonds. The quantitative estimate of drug-likeness (QED) is 0.291. The van der Waals surface area contributed by atoms with Gasteiger partial charge in [0.05, 0.1) is 17.9 Å². The van der Waals surface area contributed by atoms with E-state index in [-0.39, 0.29) is 50.4 Å². The molecule has 2 heterocycles. The van der Waals surface area contributed by atoms with E-state index < -0.39 is 17.8 Å². The summed E-state index contributed by atoms with van der Waals surface area (Å²) in [6.07, 6.45) is 1.13. The van der Waals surface area contributed by atoms with E-state index in [1.165, 1.54) is 11.3 Å². The van der Waals surface area contributed by atoms with E-state index in [0.717, 1.165) is 11.3 Å². The Bertz CT molecular complexity index is 845. The number of imide groups is 1. The Kier molecular flexibility index (Phi) is 9.01. The lowest BCUT2D eigenvalue weighted by Gasteiger charge is -2.12. The summed E-state index contributed by atoms with van der Waals surface area (Å²) in [5, 5.41) is 12.4. The maximum absolute atomic E-state index is 12.1. The number of carbonyl (C=O) groups is 5. The van der Waals surface area contributed by atoms with Gasteiger partial charge in [-0.1, -0.05) is 12.2 Å². The number of hydrogen-bond acceptors (Lipinski definition) is 10. The van der Waals surface area contributed by atoms with Crippen molar-refractivity contribution in [1.29, 1.82) is 0 Å². The molecule has 0 atom stereocenters. The van der Waals surface area contributed by atoms with Gasteiger partial charge in [-0.05, 0) is 12.8 Å². The molecule has 1 aliphatic rings. The Balaban J connectivity index is 1.59. The summed E-state index contributed by atoms with van der Waals surface area (Å²) in [4.78, 5) is 63.9. The topological polar surface area (TPSA) is 130 Å². The predicted molar refractivity (Wildman–Crippen MR) is 107 cm³/mol. The van der Waals surface area contributed by atoms with Gasteiger partial charge in [0, 0.05) is 32.2 Å². The zero-order chi connectivity index (χ0) is 21.4. The molecule has 0 spiro atoms. The molecule has 29 heavy (non-hydrogen) atoms. The molecule has 2 rings (SSSR count). The molecule has 1 aliphatic heterocycles. The largest absolute Gasteiger partial charge is 0.391 e. The molecule has 158 valence electrons. The normalized spacial score (nSPS) is 13.6. The fourth-order valence-corrected chi connectivity index (χ4v) is 4.97. The molecular formula is C17H20N2O7S3. The third kappa shape index (κ3) is 7.07. The van der Waals surface area contributed by atoms with Crippen LogP contribution in [0.1, 0.15) is 59.5 Å². The van der Waals surface area contributed by atoms with Gasteiger partial charge in [0.15, 0.2) is 0 Å². The van der Waals surface area contributed by atoms with Crippen LogP contribution in [0.4, 0.5) is 0 Å². The van der Waals surface area contributed by atoms with E-state index in [9.17, 15) is 29.1 Å². The molecule has 9 nitrogen and oxygen atoms in total. The van der Waals surface area contributed by atoms with E-state index in [2.05, 4.69) is 5.32 Å². The summed E-state index contributed by atoms with van der Waals surface area (Å²) >= 11 is 7.38. The van der Waals surface area contributed by atoms with Crippen LogP contribution in [0.5, 0.6) is 0 Å². The molecule has 0 radical (unpaired) electrons. The standard InChI is InChI=1S/C17H20N2O7S3/c20-9-11-15(29-17(27)28-11)16(25)18-8-2-1-3-10(21)4-7-14(24)26-19-12(22)5-6-13(19)23/h20H,1-9H2,(H,18,25). The maximum atomic E-state index is 12.1. The Morgan fingerprint density at radius 1 is 1.07 bits per heavy atom. The van der Waals surface area contributed by atoms with Gasteiger partial charge in [0.1, 0.15) is 13.8 Å². The van der Waals surface area contributed by atoms with Gasteiger partial charge in [-0.15, -0.1) is 27.7 Å². The minimum Gasteiger partial charge on any atom is -0.391 e. The van der Waals surface area contributed by atoms with E-state index in [0.29, 0.717) is 37.3 Å². The Morgan fingerprint density at radius 3 is 2.41 bits per heavy atom. The van der Waals surface area contributed by atoms with Crippen LogP contribution in [-0.4, -0.2) is 46.2 Å². The lowest BCUT2D eigenvalue weighted by atomic mass is 10.1. The van der Waals surface area contributed by atoms with Crippen molar-refractivity contribution in [2.24, 2.45) is 0 Å². The molecule has 0 bridgehead atoms. The molecule has 2 N–H and O–H groups in total. The number of aliphatic hydroxyl groups excluding tert-OH is 1. The summed E-state index contributed by atoms with van der Waals surface area (Å²) < 4.78 is 0.571. The molecule has 1 fully saturated rings. The minimum absolute atomic E-state index is 0.0182. The SMILES string of the molecule is O=C(CCCCNC(=O)c1sc(=S)sc1CO)CCC(=O)ON1C(=O)CCC1=O. The summed E-state index contributed by atoms with van der Waals surface area (Å²) in [7, 11) is 0. The first-order valence-corrected chi connectivity index (χ1v) is 11.0. The first-order chi connectivity index (χ1) is 13.8. The maximum Gasteiger partial charge on any atom is 0.333 e. The van der Waals surface area contributed by atoms with Crippen molar-refractivity contribution in [3.8, 4) is 0 Å². The second-order valence-electron chi connectivity index (χ2n) is 6.16. The average molecular weight is 461 g/mol. The average Bonchev–Trinajstić information content (AvgIpc) is 3.22. The van der Waals surface area contributed by atoms with Crippen molar-refractivity contribution < 1.29 is 33.9 Å². The lowest BCUT2D eigenvalue weighted by Crippen LogP contribution is -2.32. The van der Waals surface area contributed by atoms with E-state index in [4.69, 9.17) is 17.1 Å². The highest BCUT2D eigenvalue weighted by molar-refractivity contribution is 7.76. The van der Waals surface area contributed by atoms with Gasteiger partial charge >= 0.3 is 5.97 Å². The van der Waals surface area contributed by atoms with Crippen LogP contribution in [0.15, 0.2) is 0 Å². The van der Waals surface area contributed by atoms with Crippen molar-refractivity contribution in [2.75, 3.05) is 6.54 Å². The Morgan fingerprint density at radius 2 is 1.76 bits per heavy atom. The summed E-state index contributed by atoms with van der Waals surface area (Å²) in [6, 6.07) is 0. The third-order valence-electron chi connectivity index (χ3n) is 3.97. The number of nitrogens with one attached hydrogen (secondary N) is 1. The van der Waals surface area contributed by atoms with Gasteiger partial charge in [-0.2, -0.15) is 0 Å².